The van der Waals surface area contributed by atoms with Crippen LogP contribution in [0.3, 0.4) is 0 Å². The maximum Gasteiger partial charge on any atom is 0.0541 e. The number of rotatable bonds is 8. The molecule has 0 aliphatic rings. The molecule has 1 heterocycles. The summed E-state index contributed by atoms with van der Waals surface area (Å²) in [7, 11) is 0. The van der Waals surface area contributed by atoms with Gasteiger partial charge in [-0.1, -0.05) is 182 Å². The lowest BCUT2D eigenvalue weighted by Gasteiger charge is -2.26. The highest BCUT2D eigenvalue weighted by atomic mass is 15.1. The summed E-state index contributed by atoms with van der Waals surface area (Å²) in [5.74, 6) is 0. The second-order valence-electron chi connectivity index (χ2n) is 15.4. The molecule has 0 amide bonds. The number of hydrogen-bond donors (Lipinski definition) is 0. The van der Waals surface area contributed by atoms with Gasteiger partial charge in [0, 0.05) is 33.4 Å². The average molecular weight is 765 g/mol. The normalized spacial score (nSPS) is 11.3. The lowest BCUT2D eigenvalue weighted by atomic mass is 9.98. The molecule has 0 radical (unpaired) electrons. The Bertz CT molecular complexity index is 3230. The van der Waals surface area contributed by atoms with Gasteiger partial charge in [-0.3, -0.25) is 0 Å². The summed E-state index contributed by atoms with van der Waals surface area (Å²) in [5.41, 5.74) is 16.5. The number of para-hydroxylation sites is 3. The predicted octanol–water partition coefficient (Wildman–Crippen LogP) is 16.1. The maximum atomic E-state index is 2.41. The van der Waals surface area contributed by atoms with E-state index in [-0.39, 0.29) is 0 Å². The molecule has 282 valence electrons. The highest BCUT2D eigenvalue weighted by Gasteiger charge is 2.17. The third kappa shape index (κ3) is 6.41. The van der Waals surface area contributed by atoms with Crippen LogP contribution >= 0.6 is 0 Å². The minimum absolute atomic E-state index is 1.10. The molecule has 60 heavy (non-hydrogen) atoms. The van der Waals surface area contributed by atoms with Gasteiger partial charge in [-0.2, -0.15) is 0 Å². The van der Waals surface area contributed by atoms with E-state index in [9.17, 15) is 0 Å². The Morgan fingerprint density at radius 3 is 1.37 bits per heavy atom. The number of nitrogens with zero attached hydrogens (tertiary/aromatic N) is 2. The quantitative estimate of drug-likeness (QED) is 0.150. The number of fused-ring (bicyclic) bond motifs is 4. The number of benzene rings is 10. The second-order valence-corrected chi connectivity index (χ2v) is 15.4. The minimum Gasteiger partial charge on any atom is -0.310 e. The first kappa shape index (κ1) is 35.2. The standard InChI is InChI=1S/C58H40N2/c1-2-13-41(14-3-1)47-17-12-18-48(39-47)45-31-36-51(37-32-45)59(52-38-33-42-15-4-5-16-49(42)40-52)50-34-29-44(30-35-50)43-25-27-46(28-26-43)53-19-6-9-22-56(53)60-57-23-10-7-20-54(57)55-21-8-11-24-58(55)60/h1-40H. The summed E-state index contributed by atoms with van der Waals surface area (Å²) in [6.07, 6.45) is 0. The Hall–Kier alpha value is -7.94. The average Bonchev–Trinajstić information content (AvgIpc) is 3.67. The van der Waals surface area contributed by atoms with E-state index in [1.165, 1.54) is 82.8 Å². The van der Waals surface area contributed by atoms with E-state index in [2.05, 4.69) is 252 Å². The zero-order valence-corrected chi connectivity index (χ0v) is 33.0. The van der Waals surface area contributed by atoms with Crippen molar-refractivity contribution in [3.8, 4) is 50.2 Å². The largest absolute Gasteiger partial charge is 0.310 e. The van der Waals surface area contributed by atoms with Crippen molar-refractivity contribution in [3.05, 3.63) is 243 Å². The van der Waals surface area contributed by atoms with E-state index in [4.69, 9.17) is 0 Å². The highest BCUT2D eigenvalue weighted by molar-refractivity contribution is 6.09. The van der Waals surface area contributed by atoms with Crippen LogP contribution in [0.2, 0.25) is 0 Å². The molecule has 0 spiro atoms. The SMILES string of the molecule is c1ccc(-c2cccc(-c3ccc(N(c4ccc(-c5ccc(-c6ccccc6-n6c7ccccc7c7ccccc76)cc5)cc4)c4ccc5ccccc5c4)cc3)c2)cc1. The van der Waals surface area contributed by atoms with Crippen LogP contribution < -0.4 is 4.90 Å². The molecule has 0 aliphatic carbocycles. The molecule has 0 fully saturated rings. The Kier molecular flexibility index (Phi) is 8.87. The molecule has 10 aromatic carbocycles. The van der Waals surface area contributed by atoms with Crippen LogP contribution in [0.15, 0.2) is 243 Å². The molecule has 0 aliphatic heterocycles. The monoisotopic (exact) mass is 764 g/mol. The molecule has 11 aromatic rings. The van der Waals surface area contributed by atoms with Crippen molar-refractivity contribution in [1.82, 2.24) is 4.57 Å². The molecule has 0 unspecified atom stereocenters. The third-order valence-electron chi connectivity index (χ3n) is 11.8. The zero-order chi connectivity index (χ0) is 39.8. The fourth-order valence-electron chi connectivity index (χ4n) is 8.81. The summed E-state index contributed by atoms with van der Waals surface area (Å²) in [6, 6.07) is 87.8. The van der Waals surface area contributed by atoms with E-state index in [1.807, 2.05) is 0 Å². The molecule has 0 saturated carbocycles. The Morgan fingerprint density at radius 2 is 0.717 bits per heavy atom. The summed E-state index contributed by atoms with van der Waals surface area (Å²) in [4.78, 5) is 2.36. The molecule has 0 bridgehead atoms. The molecule has 0 N–H and O–H groups in total. The smallest absolute Gasteiger partial charge is 0.0541 e. The van der Waals surface area contributed by atoms with Crippen molar-refractivity contribution in [2.45, 2.75) is 0 Å². The van der Waals surface area contributed by atoms with Crippen LogP contribution in [-0.4, -0.2) is 4.57 Å². The van der Waals surface area contributed by atoms with E-state index in [1.54, 1.807) is 0 Å². The first-order valence-electron chi connectivity index (χ1n) is 20.6. The highest BCUT2D eigenvalue weighted by Crippen LogP contribution is 2.40. The molecule has 1 aromatic heterocycles. The molecular formula is C58H40N2. The second kappa shape index (κ2) is 15.1. The summed E-state index contributed by atoms with van der Waals surface area (Å²) in [6.45, 7) is 0. The van der Waals surface area contributed by atoms with Gasteiger partial charge in [0.15, 0.2) is 0 Å². The Labute approximate surface area is 350 Å². The fraction of sp³-hybridized carbons (Fsp3) is 0. The summed E-state index contributed by atoms with van der Waals surface area (Å²) >= 11 is 0. The van der Waals surface area contributed by atoms with Crippen molar-refractivity contribution in [3.63, 3.8) is 0 Å². The molecule has 2 nitrogen and oxygen atoms in total. The van der Waals surface area contributed by atoms with Crippen LogP contribution in [0.4, 0.5) is 17.1 Å². The number of hydrogen-bond acceptors (Lipinski definition) is 1. The first-order chi connectivity index (χ1) is 29.7. The molecule has 2 heteroatoms. The fourth-order valence-corrected chi connectivity index (χ4v) is 8.81. The third-order valence-corrected chi connectivity index (χ3v) is 11.8. The van der Waals surface area contributed by atoms with Crippen LogP contribution in [0.25, 0.3) is 82.8 Å². The Morgan fingerprint density at radius 1 is 0.267 bits per heavy atom. The lowest BCUT2D eigenvalue weighted by Crippen LogP contribution is -2.09. The first-order valence-corrected chi connectivity index (χ1v) is 20.6. The van der Waals surface area contributed by atoms with Crippen molar-refractivity contribution < 1.29 is 0 Å². The van der Waals surface area contributed by atoms with Crippen LogP contribution in [0.1, 0.15) is 0 Å². The Balaban J connectivity index is 0.923. The van der Waals surface area contributed by atoms with Gasteiger partial charge in [-0.25, -0.2) is 0 Å². The number of aromatic nitrogens is 1. The molecule has 11 rings (SSSR count). The van der Waals surface area contributed by atoms with E-state index >= 15 is 0 Å². The molecule has 0 atom stereocenters. The van der Waals surface area contributed by atoms with Crippen molar-refractivity contribution in [1.29, 1.82) is 0 Å². The summed E-state index contributed by atoms with van der Waals surface area (Å²) in [5, 5.41) is 4.97. The van der Waals surface area contributed by atoms with Gasteiger partial charge in [-0.05, 0) is 110 Å². The van der Waals surface area contributed by atoms with Gasteiger partial charge >= 0.3 is 0 Å². The van der Waals surface area contributed by atoms with Gasteiger partial charge in [0.1, 0.15) is 0 Å². The number of anilines is 3. The van der Waals surface area contributed by atoms with Crippen molar-refractivity contribution >= 4 is 49.6 Å². The van der Waals surface area contributed by atoms with Crippen LogP contribution in [-0.2, 0) is 0 Å². The van der Waals surface area contributed by atoms with Crippen LogP contribution in [0, 0.1) is 0 Å². The summed E-state index contributed by atoms with van der Waals surface area (Å²) < 4.78 is 2.41. The topological polar surface area (TPSA) is 8.17 Å². The van der Waals surface area contributed by atoms with Gasteiger partial charge < -0.3 is 9.47 Å². The maximum absolute atomic E-state index is 2.41. The van der Waals surface area contributed by atoms with Gasteiger partial charge in [-0.15, -0.1) is 0 Å². The minimum atomic E-state index is 1.10. The molecule has 0 saturated heterocycles. The van der Waals surface area contributed by atoms with Crippen molar-refractivity contribution in [2.75, 3.05) is 4.90 Å². The van der Waals surface area contributed by atoms with Crippen LogP contribution in [0.5, 0.6) is 0 Å². The zero-order valence-electron chi connectivity index (χ0n) is 33.0. The predicted molar refractivity (Wildman–Crippen MR) is 255 cm³/mol. The lowest BCUT2D eigenvalue weighted by molar-refractivity contribution is 1.18. The van der Waals surface area contributed by atoms with Gasteiger partial charge in [0.05, 0.1) is 16.7 Å². The molecular weight excluding hydrogens is 725 g/mol. The van der Waals surface area contributed by atoms with E-state index in [0.717, 1.165) is 17.1 Å². The van der Waals surface area contributed by atoms with Gasteiger partial charge in [0.2, 0.25) is 0 Å². The van der Waals surface area contributed by atoms with Crippen molar-refractivity contribution in [2.24, 2.45) is 0 Å². The van der Waals surface area contributed by atoms with Gasteiger partial charge in [0.25, 0.3) is 0 Å². The van der Waals surface area contributed by atoms with E-state index < -0.39 is 0 Å². The van der Waals surface area contributed by atoms with E-state index in [0.29, 0.717) is 0 Å².